The van der Waals surface area contributed by atoms with Crippen molar-refractivity contribution in [3.63, 3.8) is 0 Å². The van der Waals surface area contributed by atoms with Crippen LogP contribution >= 0.6 is 0 Å². The molecule has 9 heteroatoms. The third-order valence-electron chi connectivity index (χ3n) is 8.58. The molecule has 0 spiro atoms. The molecule has 3 N–H and O–H groups in total. The average molecular weight is 716 g/mol. The Labute approximate surface area is 313 Å². The molecule has 7 rings (SSSR count). The van der Waals surface area contributed by atoms with Crippen molar-refractivity contribution in [1.29, 1.82) is 0 Å². The number of benzene rings is 6. The van der Waals surface area contributed by atoms with E-state index in [-0.39, 0.29) is 17.6 Å². The second-order valence-corrected chi connectivity index (χ2v) is 12.6. The molecule has 0 bridgehead atoms. The van der Waals surface area contributed by atoms with Gasteiger partial charge in [0, 0.05) is 40.2 Å². The molecule has 0 aromatic heterocycles. The molecule has 0 saturated carbocycles. The van der Waals surface area contributed by atoms with Crippen molar-refractivity contribution in [1.82, 2.24) is 5.32 Å². The first-order chi connectivity index (χ1) is 26.4. The van der Waals surface area contributed by atoms with E-state index in [4.69, 9.17) is 14.2 Å². The van der Waals surface area contributed by atoms with Crippen molar-refractivity contribution in [3.8, 4) is 28.7 Å². The zero-order valence-electron chi connectivity index (χ0n) is 29.2. The highest BCUT2D eigenvalue weighted by Crippen LogP contribution is 2.27. The maximum absolute atomic E-state index is 13.6. The minimum Gasteiger partial charge on any atom is -0.490 e. The van der Waals surface area contributed by atoms with Gasteiger partial charge in [-0.2, -0.15) is 0 Å². The van der Waals surface area contributed by atoms with Gasteiger partial charge in [-0.05, 0) is 116 Å². The molecule has 0 saturated heterocycles. The largest absolute Gasteiger partial charge is 0.490 e. The monoisotopic (exact) mass is 715 g/mol. The molecule has 3 amide bonds. The highest BCUT2D eigenvalue weighted by atomic mass is 16.5. The summed E-state index contributed by atoms with van der Waals surface area (Å²) in [7, 11) is 0. The van der Waals surface area contributed by atoms with Crippen molar-refractivity contribution in [2.45, 2.75) is 25.4 Å². The van der Waals surface area contributed by atoms with Crippen LogP contribution in [0.1, 0.15) is 50.3 Å². The van der Waals surface area contributed by atoms with Gasteiger partial charge in [0.15, 0.2) is 0 Å². The van der Waals surface area contributed by atoms with Crippen LogP contribution in [0.2, 0.25) is 0 Å². The van der Waals surface area contributed by atoms with Crippen LogP contribution in [0.15, 0.2) is 169 Å². The fourth-order valence-corrected chi connectivity index (χ4v) is 5.85. The molecule has 6 aromatic carbocycles. The number of nitrogens with one attached hydrogen (secondary N) is 3. The minimum absolute atomic E-state index is 0.00587. The number of amides is 3. The number of anilines is 2. The molecule has 1 unspecified atom stereocenters. The number of carbonyl (C=O) groups excluding carboxylic acids is 3. The molecule has 9 nitrogen and oxygen atoms in total. The molecule has 1 aliphatic rings. The first kappa shape index (κ1) is 35.3. The maximum atomic E-state index is 13.6. The van der Waals surface area contributed by atoms with E-state index in [0.717, 1.165) is 17.9 Å². The fraction of sp³-hybridized carbons (Fsp3) is 0.0889. The summed E-state index contributed by atoms with van der Waals surface area (Å²) < 4.78 is 17.8. The van der Waals surface area contributed by atoms with Crippen molar-refractivity contribution in [2.75, 3.05) is 10.6 Å². The molecule has 0 aliphatic heterocycles. The minimum atomic E-state index is -0.399. The summed E-state index contributed by atoms with van der Waals surface area (Å²) in [6.07, 6.45) is 3.98. The van der Waals surface area contributed by atoms with Gasteiger partial charge in [0.2, 0.25) is 0 Å². The maximum Gasteiger partial charge on any atom is 0.255 e. The van der Waals surface area contributed by atoms with Gasteiger partial charge in [-0.25, -0.2) is 0 Å². The van der Waals surface area contributed by atoms with E-state index in [1.807, 2.05) is 97.1 Å². The van der Waals surface area contributed by atoms with Gasteiger partial charge in [0.05, 0.1) is 0 Å². The summed E-state index contributed by atoms with van der Waals surface area (Å²) in [5.74, 6) is 2.16. The number of hydrogen-bond acceptors (Lipinski definition) is 6. The van der Waals surface area contributed by atoms with E-state index in [2.05, 4.69) is 16.0 Å². The third kappa shape index (κ3) is 9.59. The third-order valence-corrected chi connectivity index (χ3v) is 8.58. The standard InChI is InChI=1S/C45H37N3O6/c49-43(31-16-22-40(23-17-31)52-37-10-4-1-5-11-37)47-35-28-33(45(51)46-34-20-26-42(27-21-34)54-39-14-8-3-9-15-39)29-36(30-35)48-44(50)32-18-24-41(25-19-32)53-38-12-6-2-7-13-38/h1-20,22-25,28-30,42H,21,26-27H2,(H,46,51)(H,47,49)(H,48,50). The van der Waals surface area contributed by atoms with Crippen molar-refractivity contribution in [3.05, 3.63) is 186 Å². The molecule has 268 valence electrons. The van der Waals surface area contributed by atoms with Crippen LogP contribution in [0, 0.1) is 0 Å². The Morgan fingerprint density at radius 1 is 0.463 bits per heavy atom. The molecule has 54 heavy (non-hydrogen) atoms. The Kier molecular flexibility index (Phi) is 11.1. The van der Waals surface area contributed by atoms with Gasteiger partial charge in [0.1, 0.15) is 34.9 Å². The molecular formula is C45H37N3O6. The van der Waals surface area contributed by atoms with Crippen LogP contribution in [0.3, 0.4) is 0 Å². The first-order valence-corrected chi connectivity index (χ1v) is 17.6. The van der Waals surface area contributed by atoms with Gasteiger partial charge >= 0.3 is 0 Å². The number of allylic oxidation sites excluding steroid dienone is 1. The van der Waals surface area contributed by atoms with Crippen LogP contribution in [0.5, 0.6) is 28.7 Å². The van der Waals surface area contributed by atoms with Crippen molar-refractivity contribution in [2.24, 2.45) is 0 Å². The quantitative estimate of drug-likeness (QED) is 0.116. The Morgan fingerprint density at radius 2 is 0.889 bits per heavy atom. The van der Waals surface area contributed by atoms with E-state index in [0.29, 0.717) is 58.3 Å². The Hall–Kier alpha value is -7.13. The molecule has 6 aromatic rings. The van der Waals surface area contributed by atoms with Gasteiger partial charge in [-0.1, -0.05) is 60.7 Å². The SMILES string of the molecule is O=C(NC1=CCC(Oc2ccccc2)CC1)c1cc(NC(=O)c2ccc(Oc3ccccc3)cc2)cc(NC(=O)c2ccc(Oc3ccccc3)cc2)c1. The van der Waals surface area contributed by atoms with Gasteiger partial charge in [0.25, 0.3) is 17.7 Å². The molecule has 0 heterocycles. The zero-order chi connectivity index (χ0) is 37.1. The molecule has 0 fully saturated rings. The molecule has 1 atom stereocenters. The summed E-state index contributed by atoms with van der Waals surface area (Å²) in [6.45, 7) is 0. The smallest absolute Gasteiger partial charge is 0.255 e. The van der Waals surface area contributed by atoms with E-state index in [1.165, 1.54) is 0 Å². The lowest BCUT2D eigenvalue weighted by molar-refractivity contribution is 0.0958. The number of ether oxygens (including phenoxy) is 3. The summed E-state index contributed by atoms with van der Waals surface area (Å²) >= 11 is 0. The van der Waals surface area contributed by atoms with E-state index < -0.39 is 11.8 Å². The Morgan fingerprint density at radius 3 is 1.33 bits per heavy atom. The van der Waals surface area contributed by atoms with Gasteiger partial charge in [-0.15, -0.1) is 0 Å². The average Bonchev–Trinajstić information content (AvgIpc) is 3.20. The topological polar surface area (TPSA) is 115 Å². The highest BCUT2D eigenvalue weighted by Gasteiger charge is 2.19. The van der Waals surface area contributed by atoms with E-state index in [1.54, 1.807) is 66.7 Å². The molecule has 1 aliphatic carbocycles. The normalized spacial score (nSPS) is 13.5. The van der Waals surface area contributed by atoms with E-state index in [9.17, 15) is 14.4 Å². The molecule has 0 radical (unpaired) electrons. The molecular weight excluding hydrogens is 679 g/mol. The summed E-state index contributed by atoms with van der Waals surface area (Å²) in [4.78, 5) is 40.4. The Bertz CT molecular complexity index is 2120. The van der Waals surface area contributed by atoms with Crippen LogP contribution in [0.4, 0.5) is 11.4 Å². The van der Waals surface area contributed by atoms with Crippen LogP contribution < -0.4 is 30.2 Å². The van der Waals surface area contributed by atoms with Crippen molar-refractivity contribution >= 4 is 29.1 Å². The fourth-order valence-electron chi connectivity index (χ4n) is 5.85. The second kappa shape index (κ2) is 16.9. The van der Waals surface area contributed by atoms with Crippen LogP contribution in [-0.2, 0) is 0 Å². The van der Waals surface area contributed by atoms with E-state index >= 15 is 0 Å². The Balaban J connectivity index is 1.06. The second-order valence-electron chi connectivity index (χ2n) is 12.6. The van der Waals surface area contributed by atoms with Crippen LogP contribution in [-0.4, -0.2) is 23.8 Å². The van der Waals surface area contributed by atoms with Crippen LogP contribution in [0.25, 0.3) is 0 Å². The summed E-state index contributed by atoms with van der Waals surface area (Å²) in [6, 6.07) is 46.6. The number of carbonyl (C=O) groups is 3. The van der Waals surface area contributed by atoms with Crippen molar-refractivity contribution < 1.29 is 28.6 Å². The van der Waals surface area contributed by atoms with Gasteiger partial charge in [-0.3, -0.25) is 14.4 Å². The lowest BCUT2D eigenvalue weighted by atomic mass is 10.0. The number of hydrogen-bond donors (Lipinski definition) is 3. The zero-order valence-corrected chi connectivity index (χ0v) is 29.2. The lowest BCUT2D eigenvalue weighted by Crippen LogP contribution is -2.28. The van der Waals surface area contributed by atoms with Gasteiger partial charge < -0.3 is 30.2 Å². The predicted molar refractivity (Wildman–Crippen MR) is 209 cm³/mol. The first-order valence-electron chi connectivity index (χ1n) is 17.6. The summed E-state index contributed by atoms with van der Waals surface area (Å²) in [5, 5.41) is 8.77. The lowest BCUT2D eigenvalue weighted by Gasteiger charge is -2.23. The number of rotatable bonds is 12. The summed E-state index contributed by atoms with van der Waals surface area (Å²) in [5.41, 5.74) is 2.45. The predicted octanol–water partition coefficient (Wildman–Crippen LogP) is 10.0. The highest BCUT2D eigenvalue weighted by molar-refractivity contribution is 6.08. The number of para-hydroxylation sites is 3.